The van der Waals surface area contributed by atoms with Gasteiger partial charge in [-0.25, -0.2) is 13.2 Å². The van der Waals surface area contributed by atoms with Crippen LogP contribution >= 0.6 is 11.8 Å². The predicted molar refractivity (Wildman–Crippen MR) is 123 cm³/mol. The van der Waals surface area contributed by atoms with Crippen molar-refractivity contribution in [1.29, 1.82) is 0 Å². The molecule has 200 valence electrons. The molecule has 13 heteroatoms. The van der Waals surface area contributed by atoms with Crippen molar-refractivity contribution in [3.63, 3.8) is 0 Å². The number of thioether (sulfide) groups is 1. The summed E-state index contributed by atoms with van der Waals surface area (Å²) in [6.45, 7) is 3.59. The Balaban J connectivity index is 1.68. The van der Waals surface area contributed by atoms with Gasteiger partial charge in [0.2, 0.25) is 40.7 Å². The summed E-state index contributed by atoms with van der Waals surface area (Å²) in [7, 11) is 0. The highest BCUT2D eigenvalue weighted by Crippen LogP contribution is 2.37. The van der Waals surface area contributed by atoms with E-state index in [1.54, 1.807) is 44.2 Å². The van der Waals surface area contributed by atoms with Crippen LogP contribution in [-0.4, -0.2) is 45.7 Å². The third-order valence-electron chi connectivity index (χ3n) is 5.73. The van der Waals surface area contributed by atoms with E-state index in [4.69, 9.17) is 0 Å². The highest BCUT2D eigenvalue weighted by atomic mass is 32.2. The predicted octanol–water partition coefficient (Wildman–Crippen LogP) is 3.86. The SMILES string of the molecule is CC1(C)SC(CNC(=O)CC(CC(=O)Oc2c(F)c(F)c(F)c(F)c2F)c2ccccc2)N[C@H]1C(=O)O. The highest BCUT2D eigenvalue weighted by Gasteiger charge is 2.45. The normalized spacial score (nSPS) is 19.3. The third kappa shape index (κ3) is 6.58. The van der Waals surface area contributed by atoms with Gasteiger partial charge in [-0.2, -0.15) is 8.78 Å². The van der Waals surface area contributed by atoms with Crippen LogP contribution in [0.4, 0.5) is 22.0 Å². The van der Waals surface area contributed by atoms with E-state index in [1.807, 2.05) is 0 Å². The van der Waals surface area contributed by atoms with Crippen molar-refractivity contribution in [2.75, 3.05) is 6.54 Å². The molecule has 1 aliphatic heterocycles. The van der Waals surface area contributed by atoms with Gasteiger partial charge in [0.05, 0.1) is 11.8 Å². The smallest absolute Gasteiger partial charge is 0.322 e. The van der Waals surface area contributed by atoms with Gasteiger partial charge >= 0.3 is 11.9 Å². The molecule has 1 fully saturated rings. The molecule has 1 saturated heterocycles. The number of amides is 1. The van der Waals surface area contributed by atoms with Crippen LogP contribution in [0.5, 0.6) is 5.75 Å². The minimum absolute atomic E-state index is 0.0766. The topological polar surface area (TPSA) is 105 Å². The zero-order chi connectivity index (χ0) is 27.5. The van der Waals surface area contributed by atoms with Crippen LogP contribution in [0.3, 0.4) is 0 Å². The fraction of sp³-hybridized carbons (Fsp3) is 0.375. The summed E-state index contributed by atoms with van der Waals surface area (Å²) in [6, 6.07) is 7.30. The Labute approximate surface area is 212 Å². The lowest BCUT2D eigenvalue weighted by Gasteiger charge is -2.20. The molecule has 7 nitrogen and oxygen atoms in total. The number of halogens is 5. The van der Waals surface area contributed by atoms with Crippen molar-refractivity contribution in [2.24, 2.45) is 0 Å². The van der Waals surface area contributed by atoms with Gasteiger partial charge in [0, 0.05) is 23.6 Å². The largest absolute Gasteiger partial charge is 0.480 e. The molecule has 3 N–H and O–H groups in total. The maximum atomic E-state index is 13.9. The van der Waals surface area contributed by atoms with E-state index in [9.17, 15) is 41.4 Å². The number of nitrogens with one attached hydrogen (secondary N) is 2. The third-order valence-corrected chi connectivity index (χ3v) is 7.16. The zero-order valence-electron chi connectivity index (χ0n) is 19.6. The van der Waals surface area contributed by atoms with Gasteiger partial charge in [-0.1, -0.05) is 30.3 Å². The van der Waals surface area contributed by atoms with Crippen molar-refractivity contribution in [3.8, 4) is 5.75 Å². The summed E-state index contributed by atoms with van der Waals surface area (Å²) in [6.07, 6.45) is -0.888. The van der Waals surface area contributed by atoms with E-state index in [1.165, 1.54) is 11.8 Å². The van der Waals surface area contributed by atoms with E-state index >= 15 is 0 Å². The number of hydrogen-bond donors (Lipinski definition) is 3. The molecule has 3 rings (SSSR count). The van der Waals surface area contributed by atoms with Crippen LogP contribution in [0.2, 0.25) is 0 Å². The van der Waals surface area contributed by atoms with Crippen LogP contribution < -0.4 is 15.4 Å². The van der Waals surface area contributed by atoms with Crippen molar-refractivity contribution >= 4 is 29.6 Å². The molecule has 3 atom stereocenters. The summed E-state index contributed by atoms with van der Waals surface area (Å²) < 4.78 is 71.8. The second kappa shape index (κ2) is 11.5. The minimum atomic E-state index is -2.39. The monoisotopic (exact) mass is 546 g/mol. The molecule has 37 heavy (non-hydrogen) atoms. The maximum absolute atomic E-state index is 13.9. The van der Waals surface area contributed by atoms with Gasteiger partial charge < -0.3 is 15.2 Å². The van der Waals surface area contributed by atoms with E-state index in [2.05, 4.69) is 15.4 Å². The molecule has 0 aliphatic carbocycles. The van der Waals surface area contributed by atoms with Crippen LogP contribution in [0.15, 0.2) is 30.3 Å². The molecule has 2 aromatic rings. The van der Waals surface area contributed by atoms with E-state index in [-0.39, 0.29) is 13.0 Å². The van der Waals surface area contributed by atoms with Crippen LogP contribution in [0.1, 0.15) is 38.2 Å². The number of carbonyl (C=O) groups is 3. The Kier molecular flexibility index (Phi) is 8.80. The van der Waals surface area contributed by atoms with E-state index in [0.717, 1.165) is 0 Å². The van der Waals surface area contributed by atoms with Crippen LogP contribution in [-0.2, 0) is 14.4 Å². The Morgan fingerprint density at radius 2 is 1.57 bits per heavy atom. The number of hydrogen-bond acceptors (Lipinski definition) is 6. The molecular weight excluding hydrogens is 523 g/mol. The number of esters is 1. The van der Waals surface area contributed by atoms with Gasteiger partial charge in [0.15, 0.2) is 0 Å². The standard InChI is InChI=1S/C24H23F5N2O5S/c1-24(2)22(23(34)35)31-14(37-24)10-30-13(32)8-12(11-6-4-3-5-7-11)9-15(33)36-21-19(28)17(26)16(25)18(27)20(21)29/h3-7,12,14,22,31H,8-10H2,1-2H3,(H,30,32)(H,34,35)/t12?,14?,22-/m0/s1. The summed E-state index contributed by atoms with van der Waals surface area (Å²) in [5.41, 5.74) is 0.493. The van der Waals surface area contributed by atoms with Crippen molar-refractivity contribution < 1.29 is 46.2 Å². The van der Waals surface area contributed by atoms with Crippen molar-refractivity contribution in [1.82, 2.24) is 10.6 Å². The summed E-state index contributed by atoms with van der Waals surface area (Å²) in [5, 5.41) is 14.5. The first-order chi connectivity index (χ1) is 17.3. The lowest BCUT2D eigenvalue weighted by Crippen LogP contribution is -2.46. The average molecular weight is 547 g/mol. The van der Waals surface area contributed by atoms with Crippen LogP contribution in [0.25, 0.3) is 0 Å². The number of aliphatic carboxylic acids is 1. The Hall–Kier alpha value is -3.19. The highest BCUT2D eigenvalue weighted by molar-refractivity contribution is 8.01. The molecule has 2 unspecified atom stereocenters. The molecule has 0 spiro atoms. The zero-order valence-corrected chi connectivity index (χ0v) is 20.4. The fourth-order valence-electron chi connectivity index (χ4n) is 3.89. The van der Waals surface area contributed by atoms with Gasteiger partial charge in [0.1, 0.15) is 6.04 Å². The first-order valence-corrected chi connectivity index (χ1v) is 11.9. The van der Waals surface area contributed by atoms with Crippen molar-refractivity contribution in [3.05, 3.63) is 65.0 Å². The molecule has 0 radical (unpaired) electrons. The first-order valence-electron chi connectivity index (χ1n) is 11.0. The molecule has 1 amide bonds. The fourth-order valence-corrected chi connectivity index (χ4v) is 5.30. The second-order valence-electron chi connectivity index (χ2n) is 8.84. The van der Waals surface area contributed by atoms with Gasteiger partial charge in [-0.15, -0.1) is 11.8 Å². The Bertz CT molecular complexity index is 1170. The number of carboxylic acid groups (broad SMARTS) is 1. The van der Waals surface area contributed by atoms with E-state index < -0.39 is 81.2 Å². The number of benzene rings is 2. The Morgan fingerprint density at radius 1 is 1.00 bits per heavy atom. The minimum Gasteiger partial charge on any atom is -0.480 e. The Morgan fingerprint density at radius 3 is 2.11 bits per heavy atom. The van der Waals surface area contributed by atoms with Crippen molar-refractivity contribution in [2.45, 2.75) is 48.8 Å². The molecule has 0 bridgehead atoms. The number of carbonyl (C=O) groups excluding carboxylic acids is 2. The van der Waals surface area contributed by atoms with Gasteiger partial charge in [-0.3, -0.25) is 19.7 Å². The number of carboxylic acids is 1. The van der Waals surface area contributed by atoms with Crippen LogP contribution in [0, 0.1) is 29.1 Å². The van der Waals surface area contributed by atoms with Gasteiger partial charge in [-0.05, 0) is 19.4 Å². The quantitative estimate of drug-likeness (QED) is 0.144. The maximum Gasteiger partial charge on any atom is 0.322 e. The molecule has 2 aromatic carbocycles. The lowest BCUT2D eigenvalue weighted by atomic mass is 9.92. The molecule has 0 saturated carbocycles. The summed E-state index contributed by atoms with van der Waals surface area (Å²) in [5.74, 6) is -16.9. The number of rotatable bonds is 9. The average Bonchev–Trinajstić information content (AvgIpc) is 3.17. The van der Waals surface area contributed by atoms with Gasteiger partial charge in [0.25, 0.3) is 0 Å². The molecule has 1 aliphatic rings. The number of ether oxygens (including phenoxy) is 1. The molecule has 1 heterocycles. The second-order valence-corrected chi connectivity index (χ2v) is 10.7. The lowest BCUT2D eigenvalue weighted by molar-refractivity contribution is -0.140. The molecule has 0 aromatic heterocycles. The summed E-state index contributed by atoms with van der Waals surface area (Å²) in [4.78, 5) is 36.5. The first kappa shape index (κ1) is 28.4. The van der Waals surface area contributed by atoms with E-state index in [0.29, 0.717) is 5.56 Å². The molecular formula is C24H23F5N2O5S. The summed E-state index contributed by atoms with van der Waals surface area (Å²) >= 11 is 1.34.